The highest BCUT2D eigenvalue weighted by Gasteiger charge is 2.31. The van der Waals surface area contributed by atoms with E-state index >= 15 is 0 Å². The maximum absolute atomic E-state index is 11.6. The van der Waals surface area contributed by atoms with Gasteiger partial charge in [-0.1, -0.05) is 12.1 Å². The van der Waals surface area contributed by atoms with Crippen LogP contribution in [0.1, 0.15) is 5.56 Å². The molecule has 1 aliphatic rings. The molecule has 16 heavy (non-hydrogen) atoms. The van der Waals surface area contributed by atoms with Crippen LogP contribution < -0.4 is 5.73 Å². The number of carbonyl (C=O) groups is 2. The lowest BCUT2D eigenvalue weighted by atomic mass is 10.2. The van der Waals surface area contributed by atoms with Crippen LogP contribution in [0, 0.1) is 0 Å². The second-order valence-corrected chi connectivity index (χ2v) is 4.40. The molecule has 1 heterocycles. The van der Waals surface area contributed by atoms with Gasteiger partial charge in [0.1, 0.15) is 0 Å². The monoisotopic (exact) mass is 234 g/mol. The zero-order chi connectivity index (χ0) is 11.7. The van der Waals surface area contributed by atoms with Gasteiger partial charge in [-0.2, -0.15) is 0 Å². The van der Waals surface area contributed by atoms with Crippen molar-refractivity contribution in [1.82, 2.24) is 4.90 Å². The van der Waals surface area contributed by atoms with E-state index in [1.807, 2.05) is 0 Å². The normalized spacial score (nSPS) is 18.6. The Hall–Kier alpha value is -1.75. The van der Waals surface area contributed by atoms with E-state index in [1.165, 1.54) is 7.05 Å². The predicted octanol–water partition coefficient (Wildman–Crippen LogP) is 1.93. The molecule has 0 aromatic heterocycles. The van der Waals surface area contributed by atoms with Gasteiger partial charge in [-0.3, -0.25) is 14.5 Å². The fourth-order valence-corrected chi connectivity index (χ4v) is 2.12. The molecule has 1 saturated heterocycles. The summed E-state index contributed by atoms with van der Waals surface area (Å²) in [5, 5.41) is -0.244. The average Bonchev–Trinajstić information content (AvgIpc) is 2.50. The van der Waals surface area contributed by atoms with Crippen LogP contribution in [0.15, 0.2) is 29.2 Å². The molecule has 0 bridgehead atoms. The lowest BCUT2D eigenvalue weighted by Crippen LogP contribution is -2.22. The lowest BCUT2D eigenvalue weighted by molar-refractivity contribution is -0.121. The summed E-state index contributed by atoms with van der Waals surface area (Å²) in [4.78, 5) is 24.4. The van der Waals surface area contributed by atoms with Crippen LogP contribution in [0.25, 0.3) is 6.08 Å². The van der Waals surface area contributed by atoms with Crippen LogP contribution in [-0.4, -0.2) is 23.1 Å². The molecule has 0 unspecified atom stereocenters. The smallest absolute Gasteiger partial charge is 0.293 e. The number of amides is 2. The van der Waals surface area contributed by atoms with Crippen molar-refractivity contribution in [3.63, 3.8) is 0 Å². The van der Waals surface area contributed by atoms with Crippen molar-refractivity contribution in [2.24, 2.45) is 0 Å². The summed E-state index contributed by atoms with van der Waals surface area (Å²) in [5.74, 6) is -0.258. The van der Waals surface area contributed by atoms with Gasteiger partial charge in [0, 0.05) is 12.7 Å². The number of anilines is 1. The van der Waals surface area contributed by atoms with E-state index in [2.05, 4.69) is 0 Å². The van der Waals surface area contributed by atoms with Gasteiger partial charge in [-0.25, -0.2) is 0 Å². The molecule has 0 spiro atoms. The van der Waals surface area contributed by atoms with E-state index in [1.54, 1.807) is 30.3 Å². The Morgan fingerprint density at radius 1 is 1.25 bits per heavy atom. The van der Waals surface area contributed by atoms with Crippen LogP contribution in [0.4, 0.5) is 10.5 Å². The minimum atomic E-state index is -0.258. The molecule has 0 saturated carbocycles. The van der Waals surface area contributed by atoms with Crippen molar-refractivity contribution in [2.45, 2.75) is 0 Å². The Labute approximate surface area is 97.1 Å². The maximum atomic E-state index is 11.6. The largest absolute Gasteiger partial charge is 0.399 e. The molecule has 0 aliphatic carbocycles. The number of nitrogens with zero attached hydrogens (tertiary/aromatic N) is 1. The number of likely N-dealkylation sites (N-methyl/N-ethyl adjacent to an activating group) is 1. The third kappa shape index (κ3) is 1.94. The molecule has 1 aromatic carbocycles. The molecule has 5 heteroatoms. The second-order valence-electron chi connectivity index (χ2n) is 3.41. The van der Waals surface area contributed by atoms with Crippen LogP contribution in [-0.2, 0) is 4.79 Å². The number of rotatable bonds is 1. The van der Waals surface area contributed by atoms with Gasteiger partial charge in [0.05, 0.1) is 4.91 Å². The minimum absolute atomic E-state index is 0.244. The molecule has 2 amide bonds. The van der Waals surface area contributed by atoms with Crippen LogP contribution in [0.2, 0.25) is 0 Å². The van der Waals surface area contributed by atoms with Gasteiger partial charge in [0.15, 0.2) is 0 Å². The van der Waals surface area contributed by atoms with Crippen molar-refractivity contribution in [1.29, 1.82) is 0 Å². The fourth-order valence-electron chi connectivity index (χ4n) is 1.29. The zero-order valence-electron chi connectivity index (χ0n) is 8.64. The number of nitrogen functional groups attached to an aromatic ring is 1. The molecule has 4 nitrogen and oxygen atoms in total. The van der Waals surface area contributed by atoms with E-state index in [0.29, 0.717) is 10.6 Å². The number of hydrogen-bond acceptors (Lipinski definition) is 4. The standard InChI is InChI=1S/C11H10N2O2S/c1-13-10(14)9(16-11(13)15)6-7-2-4-8(12)5-3-7/h2-6H,12H2,1H3/b9-6-. The molecular weight excluding hydrogens is 224 g/mol. The van der Waals surface area contributed by atoms with Crippen molar-refractivity contribution in [3.05, 3.63) is 34.7 Å². The number of nitrogens with two attached hydrogens (primary N) is 1. The Balaban J connectivity index is 2.29. The number of benzene rings is 1. The molecule has 0 atom stereocenters. The first-order valence-electron chi connectivity index (χ1n) is 4.65. The molecule has 82 valence electrons. The SMILES string of the molecule is CN1C(=O)S/C(=C\c2ccc(N)cc2)C1=O. The summed E-state index contributed by atoms with van der Waals surface area (Å²) in [6, 6.07) is 7.11. The molecule has 1 aromatic rings. The highest BCUT2D eigenvalue weighted by atomic mass is 32.2. The molecule has 2 rings (SSSR count). The third-order valence-electron chi connectivity index (χ3n) is 2.22. The minimum Gasteiger partial charge on any atom is -0.399 e. The maximum Gasteiger partial charge on any atom is 0.293 e. The fraction of sp³-hybridized carbons (Fsp3) is 0.0909. The number of imide groups is 1. The van der Waals surface area contributed by atoms with Crippen molar-refractivity contribution >= 4 is 34.7 Å². The van der Waals surface area contributed by atoms with Crippen LogP contribution >= 0.6 is 11.8 Å². The first kappa shape index (κ1) is 10.8. The molecular formula is C11H10N2O2S. The van der Waals surface area contributed by atoms with Gasteiger partial charge >= 0.3 is 0 Å². The quantitative estimate of drug-likeness (QED) is 0.595. The van der Waals surface area contributed by atoms with Gasteiger partial charge in [-0.05, 0) is 35.5 Å². The predicted molar refractivity (Wildman–Crippen MR) is 64.6 cm³/mol. The Morgan fingerprint density at radius 2 is 1.88 bits per heavy atom. The zero-order valence-corrected chi connectivity index (χ0v) is 9.45. The molecule has 1 aliphatic heterocycles. The summed E-state index contributed by atoms with van der Waals surface area (Å²) in [7, 11) is 1.47. The van der Waals surface area contributed by atoms with Gasteiger partial charge in [-0.15, -0.1) is 0 Å². The van der Waals surface area contributed by atoms with Crippen molar-refractivity contribution in [3.8, 4) is 0 Å². The van der Waals surface area contributed by atoms with E-state index in [-0.39, 0.29) is 11.1 Å². The highest BCUT2D eigenvalue weighted by molar-refractivity contribution is 8.18. The Bertz CT molecular complexity index is 479. The first-order chi connectivity index (χ1) is 7.58. The Morgan fingerprint density at radius 3 is 2.38 bits per heavy atom. The first-order valence-corrected chi connectivity index (χ1v) is 5.46. The topological polar surface area (TPSA) is 63.4 Å². The summed E-state index contributed by atoms with van der Waals surface area (Å²) >= 11 is 0.948. The number of thioether (sulfide) groups is 1. The van der Waals surface area contributed by atoms with E-state index in [4.69, 9.17) is 5.73 Å². The average molecular weight is 234 g/mol. The van der Waals surface area contributed by atoms with Crippen molar-refractivity contribution < 1.29 is 9.59 Å². The number of carbonyl (C=O) groups excluding carboxylic acids is 2. The van der Waals surface area contributed by atoms with Crippen LogP contribution in [0.5, 0.6) is 0 Å². The Kier molecular flexibility index (Phi) is 2.70. The molecule has 2 N–H and O–H groups in total. The van der Waals surface area contributed by atoms with Gasteiger partial charge < -0.3 is 5.73 Å². The lowest BCUT2D eigenvalue weighted by Gasteiger charge is -2.01. The van der Waals surface area contributed by atoms with Crippen LogP contribution in [0.3, 0.4) is 0 Å². The van der Waals surface area contributed by atoms with Crippen molar-refractivity contribution in [2.75, 3.05) is 12.8 Å². The molecule has 1 fully saturated rings. The molecule has 0 radical (unpaired) electrons. The summed E-state index contributed by atoms with van der Waals surface area (Å²) in [6.45, 7) is 0. The third-order valence-corrected chi connectivity index (χ3v) is 3.18. The highest BCUT2D eigenvalue weighted by Crippen LogP contribution is 2.30. The van der Waals surface area contributed by atoms with E-state index in [9.17, 15) is 9.59 Å². The second kappa shape index (κ2) is 4.02. The summed E-state index contributed by atoms with van der Waals surface area (Å²) < 4.78 is 0. The summed E-state index contributed by atoms with van der Waals surface area (Å²) in [6.07, 6.45) is 1.69. The number of hydrogen-bond donors (Lipinski definition) is 1. The van der Waals surface area contributed by atoms with E-state index in [0.717, 1.165) is 22.2 Å². The van der Waals surface area contributed by atoms with Gasteiger partial charge in [0.2, 0.25) is 0 Å². The van der Waals surface area contributed by atoms with Gasteiger partial charge in [0.25, 0.3) is 11.1 Å². The summed E-state index contributed by atoms with van der Waals surface area (Å²) in [5.41, 5.74) is 7.07. The van der Waals surface area contributed by atoms with E-state index < -0.39 is 0 Å².